The topological polar surface area (TPSA) is 38.8 Å². The average molecular weight is 237 g/mol. The number of halogens is 1. The molecule has 4 nitrogen and oxygen atoms in total. The van der Waals surface area contributed by atoms with E-state index in [1.165, 1.54) is 11.2 Å². The zero-order valence-electron chi connectivity index (χ0n) is 9.32. The average Bonchev–Trinajstić information content (AvgIpc) is 2.47. The Bertz CT molecular complexity index is 242. The number of alkyl halides is 1. The van der Waals surface area contributed by atoms with Crippen LogP contribution in [-0.2, 0) is 8.92 Å². The van der Waals surface area contributed by atoms with Gasteiger partial charge in [-0.3, -0.25) is 4.18 Å². The van der Waals surface area contributed by atoms with Gasteiger partial charge in [0.2, 0.25) is 0 Å². The zero-order chi connectivity index (χ0) is 11.6. The fourth-order valence-corrected chi connectivity index (χ4v) is 1.82. The van der Waals surface area contributed by atoms with Crippen LogP contribution in [-0.4, -0.2) is 34.8 Å². The first kappa shape index (κ1) is 12.6. The van der Waals surface area contributed by atoms with Gasteiger partial charge in [0, 0.05) is 0 Å². The molecule has 2 atom stereocenters. The maximum atomic E-state index is 13.1. The lowest BCUT2D eigenvalue weighted by atomic mass is 10.2. The predicted octanol–water partition coefficient (Wildman–Crippen LogP) is 2.54. The quantitative estimate of drug-likeness (QED) is 0.519. The molecule has 1 rings (SSSR count). The number of amides is 1. The number of hydrogen-bond donors (Lipinski definition) is 0. The number of rotatable bonds is 1. The highest BCUT2D eigenvalue weighted by molar-refractivity contribution is 7.93. The second-order valence-corrected chi connectivity index (χ2v) is 5.19. The summed E-state index contributed by atoms with van der Waals surface area (Å²) in [5, 5.41) is 0. The second kappa shape index (κ2) is 4.57. The van der Waals surface area contributed by atoms with Crippen molar-refractivity contribution in [2.24, 2.45) is 0 Å². The molecule has 0 saturated carbocycles. The molecule has 1 aliphatic rings. The first-order valence-corrected chi connectivity index (χ1v) is 5.47. The molecule has 0 spiro atoms. The molecule has 6 heteroatoms. The van der Waals surface area contributed by atoms with Crippen molar-refractivity contribution in [1.82, 2.24) is 4.31 Å². The standard InChI is InChI=1S/C9H16FNO3S/c1-6(10)7-5-13-15-11(7)8(12)14-9(2,3)4/h6-7H,5H2,1-4H3/t6-,7-/m1/s1. The highest BCUT2D eigenvalue weighted by Crippen LogP contribution is 2.29. The molecule has 1 amide bonds. The number of carbonyl (C=O) groups is 1. The molecule has 1 fully saturated rings. The van der Waals surface area contributed by atoms with E-state index in [4.69, 9.17) is 8.92 Å². The lowest BCUT2D eigenvalue weighted by Gasteiger charge is -2.26. The van der Waals surface area contributed by atoms with Gasteiger partial charge in [0.15, 0.2) is 0 Å². The molecule has 88 valence electrons. The highest BCUT2D eigenvalue weighted by atomic mass is 32.2. The van der Waals surface area contributed by atoms with Crippen LogP contribution in [0.4, 0.5) is 9.18 Å². The van der Waals surface area contributed by atoms with Crippen LogP contribution in [0.1, 0.15) is 27.7 Å². The van der Waals surface area contributed by atoms with Gasteiger partial charge in [0.1, 0.15) is 30.0 Å². The van der Waals surface area contributed by atoms with Crippen LogP contribution in [0.2, 0.25) is 0 Å². The van der Waals surface area contributed by atoms with Gasteiger partial charge >= 0.3 is 6.09 Å². The SMILES string of the molecule is C[C@@H](F)[C@H]1COSN1C(=O)OC(C)(C)C. The fourth-order valence-electron chi connectivity index (χ4n) is 1.07. The third kappa shape index (κ3) is 3.53. The highest BCUT2D eigenvalue weighted by Gasteiger charge is 2.38. The molecule has 0 aliphatic carbocycles. The number of nitrogens with zero attached hydrogens (tertiary/aromatic N) is 1. The van der Waals surface area contributed by atoms with E-state index in [-0.39, 0.29) is 6.61 Å². The largest absolute Gasteiger partial charge is 0.443 e. The van der Waals surface area contributed by atoms with Crippen LogP contribution < -0.4 is 0 Å². The van der Waals surface area contributed by atoms with E-state index in [0.29, 0.717) is 0 Å². The summed E-state index contributed by atoms with van der Waals surface area (Å²) in [6.07, 6.45) is -1.69. The zero-order valence-corrected chi connectivity index (χ0v) is 10.1. The lowest BCUT2D eigenvalue weighted by molar-refractivity contribution is 0.0319. The molecule has 1 saturated heterocycles. The van der Waals surface area contributed by atoms with Gasteiger partial charge in [-0.15, -0.1) is 0 Å². The maximum Gasteiger partial charge on any atom is 0.422 e. The molecular weight excluding hydrogens is 221 g/mol. The van der Waals surface area contributed by atoms with Gasteiger partial charge in [-0.1, -0.05) is 0 Å². The Balaban J connectivity index is 2.59. The molecule has 0 aromatic carbocycles. The summed E-state index contributed by atoms with van der Waals surface area (Å²) < 4.78 is 24.4. The fraction of sp³-hybridized carbons (Fsp3) is 0.889. The van der Waals surface area contributed by atoms with Crippen molar-refractivity contribution < 1.29 is 18.1 Å². The van der Waals surface area contributed by atoms with Crippen molar-refractivity contribution in [1.29, 1.82) is 0 Å². The summed E-state index contributed by atoms with van der Waals surface area (Å²) in [4.78, 5) is 11.6. The van der Waals surface area contributed by atoms with Gasteiger partial charge in [0.25, 0.3) is 0 Å². The summed E-state index contributed by atoms with van der Waals surface area (Å²) in [5.74, 6) is 0. The molecule has 1 heterocycles. The van der Waals surface area contributed by atoms with Crippen LogP contribution in [0.5, 0.6) is 0 Å². The Morgan fingerprint density at radius 3 is 2.73 bits per heavy atom. The normalized spacial score (nSPS) is 24.1. The van der Waals surface area contributed by atoms with Gasteiger partial charge in [-0.05, 0) is 27.7 Å². The third-order valence-electron chi connectivity index (χ3n) is 1.78. The molecule has 15 heavy (non-hydrogen) atoms. The van der Waals surface area contributed by atoms with Crippen molar-refractivity contribution in [2.45, 2.75) is 45.5 Å². The Morgan fingerprint density at radius 1 is 1.67 bits per heavy atom. The van der Waals surface area contributed by atoms with Gasteiger partial charge in [-0.2, -0.15) is 0 Å². The van der Waals surface area contributed by atoms with E-state index < -0.39 is 23.9 Å². The number of hydrogen-bond acceptors (Lipinski definition) is 4. The van der Waals surface area contributed by atoms with Crippen molar-refractivity contribution in [3.63, 3.8) is 0 Å². The van der Waals surface area contributed by atoms with E-state index in [1.807, 2.05) is 0 Å². The summed E-state index contributed by atoms with van der Waals surface area (Å²) in [6.45, 7) is 6.89. The van der Waals surface area contributed by atoms with E-state index in [1.54, 1.807) is 20.8 Å². The molecule has 0 radical (unpaired) electrons. The molecule has 0 aromatic heterocycles. The van der Waals surface area contributed by atoms with Crippen molar-refractivity contribution >= 4 is 18.3 Å². The minimum atomic E-state index is -1.13. The predicted molar refractivity (Wildman–Crippen MR) is 56.0 cm³/mol. The molecule has 0 aromatic rings. The van der Waals surface area contributed by atoms with E-state index in [0.717, 1.165) is 12.2 Å². The minimum Gasteiger partial charge on any atom is -0.443 e. The van der Waals surface area contributed by atoms with Crippen LogP contribution >= 0.6 is 12.2 Å². The van der Waals surface area contributed by atoms with Crippen molar-refractivity contribution in [3.05, 3.63) is 0 Å². The summed E-state index contributed by atoms with van der Waals surface area (Å²) in [6, 6.07) is -0.565. The van der Waals surface area contributed by atoms with Crippen LogP contribution in [0.15, 0.2) is 0 Å². The first-order valence-electron chi connectivity index (χ1n) is 4.77. The summed E-state index contributed by atoms with van der Waals surface area (Å²) in [5.41, 5.74) is -0.579. The number of carbonyl (C=O) groups excluding carboxylic acids is 1. The van der Waals surface area contributed by atoms with Gasteiger partial charge in [0.05, 0.1) is 6.61 Å². The van der Waals surface area contributed by atoms with E-state index in [2.05, 4.69) is 0 Å². The van der Waals surface area contributed by atoms with E-state index in [9.17, 15) is 9.18 Å². The molecule has 1 aliphatic heterocycles. The van der Waals surface area contributed by atoms with Gasteiger partial charge in [-0.25, -0.2) is 13.5 Å². The number of ether oxygens (including phenoxy) is 1. The smallest absolute Gasteiger partial charge is 0.422 e. The van der Waals surface area contributed by atoms with Crippen molar-refractivity contribution in [2.75, 3.05) is 6.61 Å². The maximum absolute atomic E-state index is 13.1. The first-order chi connectivity index (χ1) is 6.81. The second-order valence-electron chi connectivity index (χ2n) is 4.41. The summed E-state index contributed by atoms with van der Waals surface area (Å²) >= 11 is 0.846. The van der Waals surface area contributed by atoms with Crippen LogP contribution in [0, 0.1) is 0 Å². The Hall–Kier alpha value is -0.490. The van der Waals surface area contributed by atoms with Gasteiger partial charge < -0.3 is 4.74 Å². The summed E-state index contributed by atoms with van der Waals surface area (Å²) in [7, 11) is 0. The minimum absolute atomic E-state index is 0.196. The lowest BCUT2D eigenvalue weighted by Crippen LogP contribution is -2.41. The Kier molecular flexibility index (Phi) is 3.83. The molecular formula is C9H16FNO3S. The molecule has 0 unspecified atom stereocenters. The van der Waals surface area contributed by atoms with Crippen LogP contribution in [0.3, 0.4) is 0 Å². The van der Waals surface area contributed by atoms with E-state index >= 15 is 0 Å². The Morgan fingerprint density at radius 2 is 2.27 bits per heavy atom. The monoisotopic (exact) mass is 237 g/mol. The van der Waals surface area contributed by atoms with Crippen molar-refractivity contribution in [3.8, 4) is 0 Å². The third-order valence-corrected chi connectivity index (χ3v) is 2.60. The van der Waals surface area contributed by atoms with Crippen LogP contribution in [0.25, 0.3) is 0 Å². The molecule has 0 bridgehead atoms. The Labute approximate surface area is 93.4 Å². The molecule has 0 N–H and O–H groups in total.